The molecule has 1 aromatic carbocycles. The lowest BCUT2D eigenvalue weighted by Crippen LogP contribution is -2.42. The lowest BCUT2D eigenvalue weighted by atomic mass is 10.2. The van der Waals surface area contributed by atoms with Crippen LogP contribution < -0.4 is 16.2 Å². The van der Waals surface area contributed by atoms with Gasteiger partial charge in [0, 0.05) is 23.6 Å². The summed E-state index contributed by atoms with van der Waals surface area (Å²) in [5, 5.41) is 4.94. The Bertz CT molecular complexity index is 687. The zero-order chi connectivity index (χ0) is 16.7. The van der Waals surface area contributed by atoms with E-state index in [4.69, 9.17) is 11.6 Å². The number of rotatable bonds is 5. The van der Waals surface area contributed by atoms with Crippen molar-refractivity contribution >= 4 is 40.7 Å². The summed E-state index contributed by atoms with van der Waals surface area (Å²) in [5.74, 6) is -1.07. The molecule has 0 radical (unpaired) electrons. The number of hydrazine groups is 1. The van der Waals surface area contributed by atoms with Crippen molar-refractivity contribution in [3.05, 3.63) is 57.2 Å². The average Bonchev–Trinajstić information content (AvgIpc) is 3.07. The van der Waals surface area contributed by atoms with E-state index in [1.54, 1.807) is 41.8 Å². The fraction of sp³-hybridized carbons (Fsp3) is 0.133. The molecule has 0 atom stereocenters. The van der Waals surface area contributed by atoms with Crippen LogP contribution in [0.4, 0.5) is 0 Å². The number of amides is 3. The number of carbonyl (C=O) groups is 3. The topological polar surface area (TPSA) is 87.3 Å². The Kier molecular flexibility index (Phi) is 6.13. The first-order valence-electron chi connectivity index (χ1n) is 6.72. The molecule has 0 aliphatic heterocycles. The van der Waals surface area contributed by atoms with E-state index in [1.165, 1.54) is 11.3 Å². The summed E-state index contributed by atoms with van der Waals surface area (Å²) in [4.78, 5) is 35.6. The predicted octanol–water partition coefficient (Wildman–Crippen LogP) is 1.98. The Morgan fingerprint density at radius 2 is 1.74 bits per heavy atom. The number of thiophene rings is 1. The molecule has 1 heterocycles. The molecule has 8 heteroatoms. The van der Waals surface area contributed by atoms with Gasteiger partial charge in [0.15, 0.2) is 0 Å². The molecule has 3 N–H and O–H groups in total. The average molecular weight is 352 g/mol. The SMILES string of the molecule is O=C(CCNC(=O)c1cccs1)NNC(=O)c1ccc(Cl)cc1. The summed E-state index contributed by atoms with van der Waals surface area (Å²) in [7, 11) is 0. The van der Waals surface area contributed by atoms with E-state index in [-0.39, 0.29) is 18.9 Å². The molecular formula is C15H14ClN3O3S. The fourth-order valence-corrected chi connectivity index (χ4v) is 2.41. The highest BCUT2D eigenvalue weighted by Gasteiger charge is 2.09. The van der Waals surface area contributed by atoms with E-state index >= 15 is 0 Å². The summed E-state index contributed by atoms with van der Waals surface area (Å²) in [5.41, 5.74) is 4.95. The molecular weight excluding hydrogens is 338 g/mol. The molecule has 2 aromatic rings. The molecule has 0 aliphatic carbocycles. The van der Waals surface area contributed by atoms with Gasteiger partial charge in [-0.1, -0.05) is 17.7 Å². The van der Waals surface area contributed by atoms with E-state index in [1.807, 2.05) is 0 Å². The second kappa shape index (κ2) is 8.30. The molecule has 2 rings (SSSR count). The molecule has 3 amide bonds. The quantitative estimate of drug-likeness (QED) is 0.720. The maximum absolute atomic E-state index is 11.8. The summed E-state index contributed by atoms with van der Waals surface area (Å²) < 4.78 is 0. The first-order valence-corrected chi connectivity index (χ1v) is 7.98. The van der Waals surface area contributed by atoms with Gasteiger partial charge in [-0.25, -0.2) is 0 Å². The van der Waals surface area contributed by atoms with Crippen LogP contribution in [-0.4, -0.2) is 24.3 Å². The summed E-state index contributed by atoms with van der Waals surface area (Å²) in [6, 6.07) is 9.73. The third-order valence-electron chi connectivity index (χ3n) is 2.80. The number of benzene rings is 1. The van der Waals surface area contributed by atoms with E-state index in [2.05, 4.69) is 16.2 Å². The highest BCUT2D eigenvalue weighted by molar-refractivity contribution is 7.12. The van der Waals surface area contributed by atoms with Gasteiger partial charge in [0.1, 0.15) is 0 Å². The Morgan fingerprint density at radius 1 is 1.00 bits per heavy atom. The van der Waals surface area contributed by atoms with Gasteiger partial charge < -0.3 is 5.32 Å². The highest BCUT2D eigenvalue weighted by atomic mass is 35.5. The maximum atomic E-state index is 11.8. The number of carbonyl (C=O) groups excluding carboxylic acids is 3. The molecule has 0 fully saturated rings. The van der Waals surface area contributed by atoms with Gasteiger partial charge in [0.2, 0.25) is 5.91 Å². The molecule has 0 aliphatic rings. The van der Waals surface area contributed by atoms with E-state index in [0.717, 1.165) is 0 Å². The van der Waals surface area contributed by atoms with Gasteiger partial charge in [0.25, 0.3) is 11.8 Å². The van der Waals surface area contributed by atoms with Crippen LogP contribution in [0.3, 0.4) is 0 Å². The predicted molar refractivity (Wildman–Crippen MR) is 88.3 cm³/mol. The lowest BCUT2D eigenvalue weighted by molar-refractivity contribution is -0.121. The molecule has 0 saturated heterocycles. The van der Waals surface area contributed by atoms with Crippen molar-refractivity contribution in [2.75, 3.05) is 6.54 Å². The van der Waals surface area contributed by atoms with Crippen LogP contribution in [-0.2, 0) is 4.79 Å². The van der Waals surface area contributed by atoms with Crippen LogP contribution in [0.15, 0.2) is 41.8 Å². The summed E-state index contributed by atoms with van der Waals surface area (Å²) >= 11 is 7.05. The lowest BCUT2D eigenvalue weighted by Gasteiger charge is -2.08. The van der Waals surface area contributed by atoms with Crippen molar-refractivity contribution in [2.24, 2.45) is 0 Å². The molecule has 0 spiro atoms. The highest BCUT2D eigenvalue weighted by Crippen LogP contribution is 2.09. The van der Waals surface area contributed by atoms with Gasteiger partial charge in [-0.2, -0.15) is 0 Å². The molecule has 120 valence electrons. The van der Waals surface area contributed by atoms with Crippen molar-refractivity contribution in [3.8, 4) is 0 Å². The fourth-order valence-electron chi connectivity index (χ4n) is 1.65. The van der Waals surface area contributed by atoms with Crippen LogP contribution >= 0.6 is 22.9 Å². The molecule has 6 nitrogen and oxygen atoms in total. The smallest absolute Gasteiger partial charge is 0.269 e. The Hall–Kier alpha value is -2.38. The van der Waals surface area contributed by atoms with Crippen molar-refractivity contribution in [3.63, 3.8) is 0 Å². The minimum absolute atomic E-state index is 0.0536. The molecule has 23 heavy (non-hydrogen) atoms. The number of nitrogens with one attached hydrogen (secondary N) is 3. The molecule has 0 bridgehead atoms. The Morgan fingerprint density at radius 3 is 2.39 bits per heavy atom. The minimum Gasteiger partial charge on any atom is -0.351 e. The normalized spacial score (nSPS) is 9.96. The standard InChI is InChI=1S/C15H14ClN3O3S/c16-11-5-3-10(4-6-11)14(21)19-18-13(20)7-8-17-15(22)12-2-1-9-23-12/h1-6,9H,7-8H2,(H,17,22)(H,18,20)(H,19,21). The van der Waals surface area contributed by atoms with Crippen LogP contribution in [0.2, 0.25) is 5.02 Å². The molecule has 0 saturated carbocycles. The van der Waals surface area contributed by atoms with Crippen molar-refractivity contribution < 1.29 is 14.4 Å². The van der Waals surface area contributed by atoms with Gasteiger partial charge in [0.05, 0.1) is 4.88 Å². The second-order valence-corrected chi connectivity index (χ2v) is 5.88. The number of halogens is 1. The Labute approximate surface area is 141 Å². The van der Waals surface area contributed by atoms with E-state index < -0.39 is 11.8 Å². The summed E-state index contributed by atoms with van der Waals surface area (Å²) in [6.07, 6.45) is 0.0536. The zero-order valence-corrected chi connectivity index (χ0v) is 13.5. The largest absolute Gasteiger partial charge is 0.351 e. The first-order chi connectivity index (χ1) is 11.1. The van der Waals surface area contributed by atoms with E-state index in [9.17, 15) is 14.4 Å². The third-order valence-corrected chi connectivity index (χ3v) is 3.93. The van der Waals surface area contributed by atoms with E-state index in [0.29, 0.717) is 15.5 Å². The third kappa shape index (κ3) is 5.39. The zero-order valence-electron chi connectivity index (χ0n) is 12.0. The van der Waals surface area contributed by atoms with Crippen molar-refractivity contribution in [2.45, 2.75) is 6.42 Å². The van der Waals surface area contributed by atoms with Crippen LogP contribution in [0.25, 0.3) is 0 Å². The minimum atomic E-state index is -0.447. The van der Waals surface area contributed by atoms with Crippen molar-refractivity contribution in [1.29, 1.82) is 0 Å². The number of hydrogen-bond donors (Lipinski definition) is 3. The van der Waals surface area contributed by atoms with Crippen LogP contribution in [0.1, 0.15) is 26.5 Å². The molecule has 0 unspecified atom stereocenters. The monoisotopic (exact) mass is 351 g/mol. The maximum Gasteiger partial charge on any atom is 0.269 e. The molecule has 1 aromatic heterocycles. The van der Waals surface area contributed by atoms with Crippen LogP contribution in [0.5, 0.6) is 0 Å². The first kappa shape index (κ1) is 17.0. The second-order valence-electron chi connectivity index (χ2n) is 4.49. The van der Waals surface area contributed by atoms with Gasteiger partial charge in [-0.05, 0) is 35.7 Å². The van der Waals surface area contributed by atoms with Crippen molar-refractivity contribution in [1.82, 2.24) is 16.2 Å². The van der Waals surface area contributed by atoms with Crippen LogP contribution in [0, 0.1) is 0 Å². The van der Waals surface area contributed by atoms with Gasteiger partial charge in [-0.3, -0.25) is 25.2 Å². The van der Waals surface area contributed by atoms with Gasteiger partial charge in [-0.15, -0.1) is 11.3 Å². The van der Waals surface area contributed by atoms with Gasteiger partial charge >= 0.3 is 0 Å². The number of hydrogen-bond acceptors (Lipinski definition) is 4. The Balaban J connectivity index is 1.68. The summed E-state index contributed by atoms with van der Waals surface area (Å²) in [6.45, 7) is 0.180.